The van der Waals surface area contributed by atoms with Gasteiger partial charge in [0, 0.05) is 18.6 Å². The molecule has 11 N–H and O–H groups in total. The lowest BCUT2D eigenvalue weighted by atomic mass is 9.83. The van der Waals surface area contributed by atoms with Crippen molar-refractivity contribution in [2.75, 3.05) is 26.7 Å². The van der Waals surface area contributed by atoms with Gasteiger partial charge in [0.15, 0.2) is 12.6 Å². The van der Waals surface area contributed by atoms with Crippen LogP contribution in [-0.4, -0.2) is 115 Å². The van der Waals surface area contributed by atoms with Crippen LogP contribution in [0.2, 0.25) is 0 Å². The van der Waals surface area contributed by atoms with Crippen molar-refractivity contribution < 1.29 is 34.3 Å². The van der Waals surface area contributed by atoms with Gasteiger partial charge in [0.25, 0.3) is 0 Å². The molecule has 12 nitrogen and oxygen atoms in total. The molecule has 3 aliphatic rings. The first kappa shape index (κ1) is 27.1. The van der Waals surface area contributed by atoms with E-state index < -0.39 is 54.7 Å². The van der Waals surface area contributed by atoms with Crippen LogP contribution in [0.3, 0.4) is 0 Å². The SMILES string of the molecule is CCN[C@@H]1C[C@H](N)[C@@H](O[C@H]2O[C@H](CN)CC[C@@H]2N)[C@H](O)[C@H]1O[C@H]1OC[C@](C)(O)[C@H](NC)[C@H]1O. The van der Waals surface area contributed by atoms with E-state index in [0.29, 0.717) is 25.9 Å². The van der Waals surface area contributed by atoms with Crippen LogP contribution in [0.1, 0.15) is 33.1 Å². The van der Waals surface area contributed by atoms with Crippen LogP contribution in [0.5, 0.6) is 0 Å². The molecule has 3 rings (SSSR count). The third-order valence-corrected chi connectivity index (χ3v) is 6.97. The molecule has 0 amide bonds. The summed E-state index contributed by atoms with van der Waals surface area (Å²) in [7, 11) is 1.65. The first-order chi connectivity index (χ1) is 15.6. The molecule has 0 aromatic heterocycles. The minimum atomic E-state index is -1.28. The number of nitrogens with one attached hydrogen (secondary N) is 2. The average molecular weight is 478 g/mol. The quantitative estimate of drug-likeness (QED) is 0.173. The van der Waals surface area contributed by atoms with Gasteiger partial charge >= 0.3 is 0 Å². The predicted molar refractivity (Wildman–Crippen MR) is 120 cm³/mol. The van der Waals surface area contributed by atoms with Gasteiger partial charge in [-0.15, -0.1) is 0 Å². The van der Waals surface area contributed by atoms with Gasteiger partial charge in [-0.3, -0.25) is 0 Å². The largest absolute Gasteiger partial charge is 0.388 e. The van der Waals surface area contributed by atoms with Crippen molar-refractivity contribution in [1.82, 2.24) is 10.6 Å². The average Bonchev–Trinajstić information content (AvgIpc) is 2.76. The first-order valence-electron chi connectivity index (χ1n) is 11.9. The molecule has 0 unspecified atom stereocenters. The van der Waals surface area contributed by atoms with Gasteiger partial charge in [-0.2, -0.15) is 0 Å². The zero-order chi connectivity index (χ0) is 24.3. The van der Waals surface area contributed by atoms with Gasteiger partial charge < -0.3 is 62.1 Å². The molecule has 2 heterocycles. The summed E-state index contributed by atoms with van der Waals surface area (Å²) < 4.78 is 23.7. The highest BCUT2D eigenvalue weighted by atomic mass is 16.7. The second-order valence-corrected chi connectivity index (χ2v) is 9.65. The topological polar surface area (TPSA) is 200 Å². The Bertz CT molecular complexity index is 618. The number of aliphatic hydroxyl groups excluding tert-OH is 2. The fourth-order valence-corrected chi connectivity index (χ4v) is 5.11. The van der Waals surface area contributed by atoms with Crippen molar-refractivity contribution in [2.24, 2.45) is 17.2 Å². The number of ether oxygens (including phenoxy) is 4. The molecule has 3 fully saturated rings. The Morgan fingerprint density at radius 3 is 2.39 bits per heavy atom. The van der Waals surface area contributed by atoms with Crippen LogP contribution in [0.25, 0.3) is 0 Å². The van der Waals surface area contributed by atoms with E-state index in [0.717, 1.165) is 6.42 Å². The van der Waals surface area contributed by atoms with Gasteiger partial charge in [-0.25, -0.2) is 0 Å². The number of nitrogens with two attached hydrogens (primary N) is 3. The molecule has 0 aromatic carbocycles. The Kier molecular flexibility index (Phi) is 9.45. The van der Waals surface area contributed by atoms with Crippen molar-refractivity contribution in [3.05, 3.63) is 0 Å². The lowest BCUT2D eigenvalue weighted by molar-refractivity contribution is -0.308. The van der Waals surface area contributed by atoms with Crippen LogP contribution >= 0.6 is 0 Å². The van der Waals surface area contributed by atoms with Crippen LogP contribution in [0.15, 0.2) is 0 Å². The first-order valence-corrected chi connectivity index (χ1v) is 11.9. The fourth-order valence-electron chi connectivity index (χ4n) is 5.11. The van der Waals surface area contributed by atoms with Gasteiger partial charge in [-0.05, 0) is 39.8 Å². The Morgan fingerprint density at radius 1 is 1.06 bits per heavy atom. The van der Waals surface area contributed by atoms with Crippen LogP contribution in [0, 0.1) is 0 Å². The summed E-state index contributed by atoms with van der Waals surface area (Å²) in [6.45, 7) is 4.47. The lowest BCUT2D eigenvalue weighted by Gasteiger charge is -2.49. The summed E-state index contributed by atoms with van der Waals surface area (Å²) in [5, 5.41) is 38.8. The van der Waals surface area contributed by atoms with E-state index in [9.17, 15) is 15.3 Å². The molecule has 2 aliphatic heterocycles. The van der Waals surface area contributed by atoms with Crippen molar-refractivity contribution in [3.8, 4) is 0 Å². The zero-order valence-electron chi connectivity index (χ0n) is 19.8. The van der Waals surface area contributed by atoms with E-state index in [1.807, 2.05) is 6.92 Å². The highest BCUT2D eigenvalue weighted by molar-refractivity contribution is 5.02. The van der Waals surface area contributed by atoms with Gasteiger partial charge in [0.1, 0.15) is 30.0 Å². The maximum absolute atomic E-state index is 11.3. The summed E-state index contributed by atoms with van der Waals surface area (Å²) in [5.74, 6) is 0. The highest BCUT2D eigenvalue weighted by Gasteiger charge is 2.51. The Hall–Kier alpha value is -0.480. The molecule has 194 valence electrons. The van der Waals surface area contributed by atoms with Crippen molar-refractivity contribution in [1.29, 1.82) is 0 Å². The lowest BCUT2D eigenvalue weighted by Crippen LogP contribution is -2.69. The van der Waals surface area contributed by atoms with Gasteiger partial charge in [0.2, 0.25) is 0 Å². The second kappa shape index (κ2) is 11.5. The van der Waals surface area contributed by atoms with E-state index in [1.165, 1.54) is 0 Å². The third-order valence-electron chi connectivity index (χ3n) is 6.97. The van der Waals surface area contributed by atoms with Crippen LogP contribution in [0.4, 0.5) is 0 Å². The summed E-state index contributed by atoms with van der Waals surface area (Å²) >= 11 is 0. The molecule has 0 aromatic rings. The molecule has 0 radical (unpaired) electrons. The van der Waals surface area contributed by atoms with Gasteiger partial charge in [0.05, 0.1) is 24.8 Å². The molecule has 12 atom stereocenters. The fraction of sp³-hybridized carbons (Fsp3) is 1.00. The second-order valence-electron chi connectivity index (χ2n) is 9.65. The predicted octanol–water partition coefficient (Wildman–Crippen LogP) is -3.33. The maximum Gasteiger partial charge on any atom is 0.185 e. The van der Waals surface area contributed by atoms with E-state index >= 15 is 0 Å². The molecule has 1 aliphatic carbocycles. The number of rotatable bonds is 8. The molecule has 1 saturated carbocycles. The summed E-state index contributed by atoms with van der Waals surface area (Å²) in [5.41, 5.74) is 17.1. The molecule has 0 bridgehead atoms. The number of hydrogen-bond acceptors (Lipinski definition) is 12. The minimum absolute atomic E-state index is 0.0421. The Labute approximate surface area is 195 Å². The molecule has 0 spiro atoms. The normalized spacial score (nSPS) is 49.2. The van der Waals surface area contributed by atoms with E-state index in [-0.39, 0.29) is 24.8 Å². The summed E-state index contributed by atoms with van der Waals surface area (Å²) in [6.07, 6.45) is -3.97. The Balaban J connectivity index is 1.74. The Morgan fingerprint density at radius 2 is 1.76 bits per heavy atom. The van der Waals surface area contributed by atoms with Crippen molar-refractivity contribution in [3.63, 3.8) is 0 Å². The highest BCUT2D eigenvalue weighted by Crippen LogP contribution is 2.32. The standard InChI is InChI=1S/C21H43N5O7/c1-4-26-13-7-12(24)16(32-19-11(23)6-5-10(8-22)31-19)14(27)17(13)33-20-15(28)18(25-3)21(2,29)9-30-20/h10-20,25-29H,4-9,22-24H2,1-3H3/t10-,11-,12-,13+,14-,15+,16+,17-,18+,19+,20+,21-/m0/s1. The van der Waals surface area contributed by atoms with Crippen molar-refractivity contribution >= 4 is 0 Å². The zero-order valence-corrected chi connectivity index (χ0v) is 19.8. The molecule has 33 heavy (non-hydrogen) atoms. The van der Waals surface area contributed by atoms with Crippen molar-refractivity contribution in [2.45, 2.75) is 106 Å². The van der Waals surface area contributed by atoms with E-state index in [2.05, 4.69) is 10.6 Å². The molecule has 2 saturated heterocycles. The summed E-state index contributed by atoms with van der Waals surface area (Å²) in [6, 6.07) is -1.84. The smallest absolute Gasteiger partial charge is 0.185 e. The number of aliphatic hydroxyl groups is 3. The van der Waals surface area contributed by atoms with E-state index in [4.69, 9.17) is 36.1 Å². The van der Waals surface area contributed by atoms with Crippen LogP contribution < -0.4 is 27.8 Å². The van der Waals surface area contributed by atoms with Gasteiger partial charge in [-0.1, -0.05) is 6.92 Å². The molecule has 12 heteroatoms. The molecular formula is C21H43N5O7. The number of likely N-dealkylation sites (N-methyl/N-ethyl adjacent to an activating group) is 2. The maximum atomic E-state index is 11.3. The van der Waals surface area contributed by atoms with Crippen LogP contribution in [-0.2, 0) is 18.9 Å². The summed E-state index contributed by atoms with van der Waals surface area (Å²) in [4.78, 5) is 0. The minimum Gasteiger partial charge on any atom is -0.388 e. The monoisotopic (exact) mass is 477 g/mol. The molecular weight excluding hydrogens is 434 g/mol. The third kappa shape index (κ3) is 6.02. The van der Waals surface area contributed by atoms with E-state index in [1.54, 1.807) is 14.0 Å². The number of hydrogen-bond donors (Lipinski definition) is 8.